The van der Waals surface area contributed by atoms with Crippen LogP contribution in [0.1, 0.15) is 49.4 Å². The Morgan fingerprint density at radius 3 is 2.80 bits per heavy atom. The van der Waals surface area contributed by atoms with E-state index in [-0.39, 0.29) is 12.2 Å². The van der Waals surface area contributed by atoms with Gasteiger partial charge in [0.1, 0.15) is 6.10 Å². The van der Waals surface area contributed by atoms with Crippen LogP contribution in [-0.2, 0) is 4.74 Å². The van der Waals surface area contributed by atoms with Gasteiger partial charge in [-0.2, -0.15) is 4.98 Å². The lowest BCUT2D eigenvalue weighted by Crippen LogP contribution is -2.18. The molecule has 5 nitrogen and oxygen atoms in total. The van der Waals surface area contributed by atoms with Crippen molar-refractivity contribution in [3.05, 3.63) is 11.7 Å². The Morgan fingerprint density at radius 1 is 1.27 bits per heavy atom. The van der Waals surface area contributed by atoms with Crippen LogP contribution in [-0.4, -0.2) is 22.8 Å². The minimum absolute atomic E-state index is 0.0291. The zero-order valence-corrected chi connectivity index (χ0v) is 8.56. The molecule has 2 N–H and O–H groups in total. The van der Waals surface area contributed by atoms with Gasteiger partial charge in [0.25, 0.3) is 5.89 Å². The van der Waals surface area contributed by atoms with Crippen molar-refractivity contribution >= 4 is 0 Å². The SMILES string of the molecule is NC[C@H]1CC[C@H](c2nc(C3CC3)no2)O1. The molecule has 1 saturated heterocycles. The van der Waals surface area contributed by atoms with Gasteiger partial charge in [0.15, 0.2) is 5.82 Å². The number of aromatic nitrogens is 2. The van der Waals surface area contributed by atoms with E-state index in [1.54, 1.807) is 0 Å². The van der Waals surface area contributed by atoms with E-state index in [2.05, 4.69) is 10.1 Å². The van der Waals surface area contributed by atoms with Crippen LogP contribution in [0.4, 0.5) is 0 Å². The normalized spacial score (nSPS) is 31.0. The van der Waals surface area contributed by atoms with E-state index in [0.29, 0.717) is 18.4 Å². The summed E-state index contributed by atoms with van der Waals surface area (Å²) >= 11 is 0. The van der Waals surface area contributed by atoms with Crippen LogP contribution in [0.25, 0.3) is 0 Å². The second kappa shape index (κ2) is 3.57. The van der Waals surface area contributed by atoms with Crippen molar-refractivity contribution in [3.8, 4) is 0 Å². The van der Waals surface area contributed by atoms with Crippen LogP contribution in [0, 0.1) is 0 Å². The quantitative estimate of drug-likeness (QED) is 0.807. The van der Waals surface area contributed by atoms with Gasteiger partial charge in [-0.15, -0.1) is 0 Å². The minimum atomic E-state index is -0.0291. The molecule has 2 heterocycles. The molecule has 2 aliphatic rings. The van der Waals surface area contributed by atoms with Crippen molar-refractivity contribution in [2.24, 2.45) is 5.73 Å². The molecule has 0 bridgehead atoms. The molecule has 0 spiro atoms. The molecule has 0 unspecified atom stereocenters. The Kier molecular flexibility index (Phi) is 2.21. The average molecular weight is 209 g/mol. The summed E-state index contributed by atoms with van der Waals surface area (Å²) in [6.07, 6.45) is 4.44. The lowest BCUT2D eigenvalue weighted by atomic mass is 10.2. The number of rotatable bonds is 3. The lowest BCUT2D eigenvalue weighted by molar-refractivity contribution is 0.0307. The Labute approximate surface area is 88.0 Å². The first-order valence-corrected chi connectivity index (χ1v) is 5.56. The highest BCUT2D eigenvalue weighted by Crippen LogP contribution is 2.39. The van der Waals surface area contributed by atoms with E-state index in [0.717, 1.165) is 18.7 Å². The number of nitrogens with two attached hydrogens (primary N) is 1. The molecule has 82 valence electrons. The Morgan fingerprint density at radius 2 is 2.13 bits per heavy atom. The summed E-state index contributed by atoms with van der Waals surface area (Å²) in [4.78, 5) is 4.38. The number of ether oxygens (including phenoxy) is 1. The van der Waals surface area contributed by atoms with Crippen LogP contribution in [0.5, 0.6) is 0 Å². The zero-order chi connectivity index (χ0) is 10.3. The molecule has 0 radical (unpaired) electrons. The maximum absolute atomic E-state index is 5.69. The van der Waals surface area contributed by atoms with E-state index >= 15 is 0 Å². The smallest absolute Gasteiger partial charge is 0.255 e. The maximum Gasteiger partial charge on any atom is 0.255 e. The van der Waals surface area contributed by atoms with Gasteiger partial charge in [-0.05, 0) is 25.7 Å². The fourth-order valence-electron chi connectivity index (χ4n) is 1.95. The monoisotopic (exact) mass is 209 g/mol. The van der Waals surface area contributed by atoms with Crippen molar-refractivity contribution < 1.29 is 9.26 Å². The highest BCUT2D eigenvalue weighted by atomic mass is 16.5. The van der Waals surface area contributed by atoms with Crippen molar-refractivity contribution in [3.63, 3.8) is 0 Å². The molecule has 1 saturated carbocycles. The zero-order valence-electron chi connectivity index (χ0n) is 8.56. The predicted molar refractivity (Wildman–Crippen MR) is 52.2 cm³/mol. The second-order valence-electron chi connectivity index (χ2n) is 4.32. The van der Waals surface area contributed by atoms with Gasteiger partial charge >= 0.3 is 0 Å². The van der Waals surface area contributed by atoms with E-state index in [1.807, 2.05) is 0 Å². The van der Waals surface area contributed by atoms with Crippen LogP contribution in [0.2, 0.25) is 0 Å². The van der Waals surface area contributed by atoms with E-state index in [9.17, 15) is 0 Å². The molecule has 3 rings (SSSR count). The Hall–Kier alpha value is -0.940. The molecule has 1 aromatic heterocycles. The van der Waals surface area contributed by atoms with Crippen LogP contribution >= 0.6 is 0 Å². The molecule has 1 aliphatic heterocycles. The first-order valence-electron chi connectivity index (χ1n) is 5.56. The Balaban J connectivity index is 1.70. The highest BCUT2D eigenvalue weighted by Gasteiger charge is 2.33. The number of hydrogen-bond acceptors (Lipinski definition) is 5. The first kappa shape index (κ1) is 9.30. The van der Waals surface area contributed by atoms with Crippen molar-refractivity contribution in [2.75, 3.05) is 6.54 Å². The average Bonchev–Trinajstić information content (AvgIpc) is 2.84. The third-order valence-corrected chi connectivity index (χ3v) is 3.05. The highest BCUT2D eigenvalue weighted by molar-refractivity contribution is 5.04. The molecular formula is C10H15N3O2. The van der Waals surface area contributed by atoms with Gasteiger partial charge in [-0.3, -0.25) is 0 Å². The molecule has 2 atom stereocenters. The van der Waals surface area contributed by atoms with Gasteiger partial charge in [-0.1, -0.05) is 5.16 Å². The minimum Gasteiger partial charge on any atom is -0.364 e. The number of nitrogens with zero attached hydrogens (tertiary/aromatic N) is 2. The first-order chi connectivity index (χ1) is 7.36. The molecular weight excluding hydrogens is 194 g/mol. The van der Waals surface area contributed by atoms with Gasteiger partial charge in [0.2, 0.25) is 0 Å². The lowest BCUT2D eigenvalue weighted by Gasteiger charge is -2.07. The van der Waals surface area contributed by atoms with Crippen LogP contribution in [0.15, 0.2) is 4.52 Å². The van der Waals surface area contributed by atoms with Crippen molar-refractivity contribution in [2.45, 2.75) is 43.8 Å². The van der Waals surface area contributed by atoms with Crippen LogP contribution < -0.4 is 5.73 Å². The van der Waals surface area contributed by atoms with Gasteiger partial charge in [0, 0.05) is 12.5 Å². The molecule has 1 aliphatic carbocycles. The summed E-state index contributed by atoms with van der Waals surface area (Å²) in [6.45, 7) is 0.570. The predicted octanol–water partition coefficient (Wildman–Crippen LogP) is 1.13. The summed E-state index contributed by atoms with van der Waals surface area (Å²) in [6, 6.07) is 0. The van der Waals surface area contributed by atoms with E-state index in [4.69, 9.17) is 15.0 Å². The van der Waals surface area contributed by atoms with E-state index < -0.39 is 0 Å². The standard InChI is InChI=1S/C10H15N3O2/c11-5-7-3-4-8(14-7)10-12-9(13-15-10)6-1-2-6/h6-8H,1-5,11H2/t7-,8-/m1/s1. The van der Waals surface area contributed by atoms with Gasteiger partial charge < -0.3 is 15.0 Å². The number of hydrogen-bond donors (Lipinski definition) is 1. The van der Waals surface area contributed by atoms with Crippen molar-refractivity contribution in [1.82, 2.24) is 10.1 Å². The third kappa shape index (κ3) is 1.77. The van der Waals surface area contributed by atoms with E-state index in [1.165, 1.54) is 12.8 Å². The van der Waals surface area contributed by atoms with Crippen LogP contribution in [0.3, 0.4) is 0 Å². The summed E-state index contributed by atoms with van der Waals surface area (Å²) in [5.74, 6) is 2.02. The second-order valence-corrected chi connectivity index (χ2v) is 4.32. The fraction of sp³-hybridized carbons (Fsp3) is 0.800. The topological polar surface area (TPSA) is 74.2 Å². The molecule has 2 fully saturated rings. The van der Waals surface area contributed by atoms with Gasteiger partial charge in [-0.25, -0.2) is 0 Å². The maximum atomic E-state index is 5.69. The summed E-state index contributed by atoms with van der Waals surface area (Å²) in [5.41, 5.74) is 5.55. The van der Waals surface area contributed by atoms with Crippen molar-refractivity contribution in [1.29, 1.82) is 0 Å². The summed E-state index contributed by atoms with van der Waals surface area (Å²) in [5, 5.41) is 3.98. The fourth-order valence-corrected chi connectivity index (χ4v) is 1.95. The summed E-state index contributed by atoms with van der Waals surface area (Å²) < 4.78 is 10.9. The third-order valence-electron chi connectivity index (χ3n) is 3.05. The van der Waals surface area contributed by atoms with Gasteiger partial charge in [0.05, 0.1) is 6.10 Å². The molecule has 15 heavy (non-hydrogen) atoms. The molecule has 0 amide bonds. The largest absolute Gasteiger partial charge is 0.364 e. The summed E-state index contributed by atoms with van der Waals surface area (Å²) in [7, 11) is 0. The molecule has 5 heteroatoms. The molecule has 0 aromatic carbocycles. The molecule has 1 aromatic rings. The Bertz CT molecular complexity index is 348.